The van der Waals surface area contributed by atoms with Gasteiger partial charge in [0, 0.05) is 0 Å². The number of fused-ring (bicyclic) bond motifs is 1. The van der Waals surface area contributed by atoms with Gasteiger partial charge in [0.15, 0.2) is 0 Å². The van der Waals surface area contributed by atoms with Crippen molar-refractivity contribution in [2.24, 2.45) is 0 Å². The average Bonchev–Trinajstić information content (AvgIpc) is 2.67. The SMILES string of the molecule is CCC1=C(CC(=O)OC)c2ccccc2C1. The Balaban J connectivity index is 2.34. The molecule has 0 heterocycles. The van der Waals surface area contributed by atoms with Crippen molar-refractivity contribution in [1.82, 2.24) is 0 Å². The molecule has 0 saturated heterocycles. The summed E-state index contributed by atoms with van der Waals surface area (Å²) in [4.78, 5) is 11.4. The van der Waals surface area contributed by atoms with Crippen LogP contribution in [0.2, 0.25) is 0 Å². The Morgan fingerprint density at radius 2 is 2.12 bits per heavy atom. The van der Waals surface area contributed by atoms with E-state index in [9.17, 15) is 4.79 Å². The largest absolute Gasteiger partial charge is 0.469 e. The Labute approximate surface area is 95.9 Å². The molecule has 16 heavy (non-hydrogen) atoms. The number of hydrogen-bond donors (Lipinski definition) is 0. The lowest BCUT2D eigenvalue weighted by molar-refractivity contribution is -0.139. The summed E-state index contributed by atoms with van der Waals surface area (Å²) in [6.07, 6.45) is 2.39. The monoisotopic (exact) mass is 216 g/mol. The fourth-order valence-electron chi connectivity index (χ4n) is 2.27. The number of methoxy groups -OCH3 is 1. The Bertz CT molecular complexity index is 444. The van der Waals surface area contributed by atoms with Crippen LogP contribution in [0.1, 0.15) is 30.9 Å². The minimum Gasteiger partial charge on any atom is -0.469 e. The number of benzene rings is 1. The van der Waals surface area contributed by atoms with Gasteiger partial charge in [-0.05, 0) is 29.5 Å². The van der Waals surface area contributed by atoms with E-state index in [0.29, 0.717) is 6.42 Å². The third-order valence-corrected chi connectivity index (χ3v) is 3.15. The van der Waals surface area contributed by atoms with Crippen LogP contribution in [0.25, 0.3) is 5.57 Å². The van der Waals surface area contributed by atoms with Crippen molar-refractivity contribution >= 4 is 11.5 Å². The van der Waals surface area contributed by atoms with E-state index in [1.807, 2.05) is 12.1 Å². The van der Waals surface area contributed by atoms with E-state index in [1.165, 1.54) is 29.4 Å². The van der Waals surface area contributed by atoms with Crippen LogP contribution in [-0.4, -0.2) is 13.1 Å². The highest BCUT2D eigenvalue weighted by molar-refractivity contribution is 5.89. The lowest BCUT2D eigenvalue weighted by atomic mass is 10.0. The van der Waals surface area contributed by atoms with Crippen LogP contribution in [0.15, 0.2) is 29.8 Å². The smallest absolute Gasteiger partial charge is 0.309 e. The first-order chi connectivity index (χ1) is 7.76. The third kappa shape index (κ3) is 1.87. The van der Waals surface area contributed by atoms with Crippen molar-refractivity contribution in [3.8, 4) is 0 Å². The summed E-state index contributed by atoms with van der Waals surface area (Å²) in [7, 11) is 1.44. The molecule has 2 nitrogen and oxygen atoms in total. The first kappa shape index (κ1) is 10.9. The van der Waals surface area contributed by atoms with Crippen LogP contribution in [0.4, 0.5) is 0 Å². The Morgan fingerprint density at radius 1 is 1.38 bits per heavy atom. The van der Waals surface area contributed by atoms with Crippen molar-refractivity contribution in [3.05, 3.63) is 41.0 Å². The molecule has 0 radical (unpaired) electrons. The molecule has 84 valence electrons. The molecule has 2 heteroatoms. The second-order valence-corrected chi connectivity index (χ2v) is 4.02. The fraction of sp³-hybridized carbons (Fsp3) is 0.357. The summed E-state index contributed by atoms with van der Waals surface area (Å²) in [6, 6.07) is 8.30. The predicted octanol–water partition coefficient (Wildman–Crippen LogP) is 2.97. The maximum absolute atomic E-state index is 11.4. The fourth-order valence-corrected chi connectivity index (χ4v) is 2.27. The Hall–Kier alpha value is -1.57. The summed E-state index contributed by atoms with van der Waals surface area (Å²) in [5, 5.41) is 0. The van der Waals surface area contributed by atoms with Gasteiger partial charge in [0.1, 0.15) is 0 Å². The standard InChI is InChI=1S/C14H16O2/c1-3-10-8-11-6-4-5-7-12(11)13(10)9-14(15)16-2/h4-7H,3,8-9H2,1-2H3. The molecule has 0 bridgehead atoms. The minimum absolute atomic E-state index is 0.155. The molecule has 0 unspecified atom stereocenters. The second-order valence-electron chi connectivity index (χ2n) is 4.02. The van der Waals surface area contributed by atoms with Crippen LogP contribution in [0.3, 0.4) is 0 Å². The second kappa shape index (κ2) is 4.52. The van der Waals surface area contributed by atoms with Gasteiger partial charge in [-0.1, -0.05) is 36.8 Å². The topological polar surface area (TPSA) is 26.3 Å². The zero-order chi connectivity index (χ0) is 11.5. The number of hydrogen-bond acceptors (Lipinski definition) is 2. The summed E-state index contributed by atoms with van der Waals surface area (Å²) in [6.45, 7) is 2.14. The molecule has 0 aromatic heterocycles. The third-order valence-electron chi connectivity index (χ3n) is 3.15. The lowest BCUT2D eigenvalue weighted by Gasteiger charge is -2.05. The highest BCUT2D eigenvalue weighted by atomic mass is 16.5. The van der Waals surface area contributed by atoms with Crippen molar-refractivity contribution in [1.29, 1.82) is 0 Å². The first-order valence-electron chi connectivity index (χ1n) is 5.62. The molecule has 0 spiro atoms. The first-order valence-corrected chi connectivity index (χ1v) is 5.62. The number of carbonyl (C=O) groups excluding carboxylic acids is 1. The molecule has 0 N–H and O–H groups in total. The van der Waals surface area contributed by atoms with Crippen molar-refractivity contribution in [2.75, 3.05) is 7.11 Å². The van der Waals surface area contributed by atoms with Crippen molar-refractivity contribution in [2.45, 2.75) is 26.2 Å². The van der Waals surface area contributed by atoms with E-state index >= 15 is 0 Å². The quantitative estimate of drug-likeness (QED) is 0.726. The summed E-state index contributed by atoms with van der Waals surface area (Å²) in [5.74, 6) is -0.155. The van der Waals surface area contributed by atoms with Gasteiger partial charge in [0.2, 0.25) is 0 Å². The van der Waals surface area contributed by atoms with Crippen LogP contribution in [0, 0.1) is 0 Å². The van der Waals surface area contributed by atoms with E-state index in [4.69, 9.17) is 4.74 Å². The highest BCUT2D eigenvalue weighted by Gasteiger charge is 2.21. The lowest BCUT2D eigenvalue weighted by Crippen LogP contribution is -2.01. The molecule has 1 aromatic rings. The van der Waals surface area contributed by atoms with Gasteiger partial charge in [0.25, 0.3) is 0 Å². The van der Waals surface area contributed by atoms with E-state index < -0.39 is 0 Å². The molecular formula is C14H16O2. The maximum Gasteiger partial charge on any atom is 0.309 e. The normalized spacial score (nSPS) is 13.9. The number of rotatable bonds is 3. The van der Waals surface area contributed by atoms with Gasteiger partial charge >= 0.3 is 5.97 Å². The molecule has 1 aliphatic rings. The van der Waals surface area contributed by atoms with Crippen LogP contribution < -0.4 is 0 Å². The summed E-state index contributed by atoms with van der Waals surface area (Å²) < 4.78 is 4.75. The zero-order valence-electron chi connectivity index (χ0n) is 9.75. The summed E-state index contributed by atoms with van der Waals surface area (Å²) >= 11 is 0. The zero-order valence-corrected chi connectivity index (χ0v) is 9.75. The molecule has 1 aromatic carbocycles. The van der Waals surface area contributed by atoms with Crippen LogP contribution in [0.5, 0.6) is 0 Å². The van der Waals surface area contributed by atoms with Crippen LogP contribution >= 0.6 is 0 Å². The van der Waals surface area contributed by atoms with Crippen molar-refractivity contribution < 1.29 is 9.53 Å². The Morgan fingerprint density at radius 3 is 2.81 bits per heavy atom. The minimum atomic E-state index is -0.155. The number of esters is 1. The molecule has 2 rings (SSSR count). The van der Waals surface area contributed by atoms with Gasteiger partial charge < -0.3 is 4.74 Å². The van der Waals surface area contributed by atoms with Gasteiger partial charge in [-0.2, -0.15) is 0 Å². The van der Waals surface area contributed by atoms with Gasteiger partial charge in [0.05, 0.1) is 13.5 Å². The van der Waals surface area contributed by atoms with E-state index in [-0.39, 0.29) is 5.97 Å². The molecular weight excluding hydrogens is 200 g/mol. The molecule has 0 saturated carbocycles. The van der Waals surface area contributed by atoms with Gasteiger partial charge in [-0.15, -0.1) is 0 Å². The number of ether oxygens (including phenoxy) is 1. The maximum atomic E-state index is 11.4. The number of allylic oxidation sites excluding steroid dienone is 1. The van der Waals surface area contributed by atoms with E-state index in [1.54, 1.807) is 0 Å². The van der Waals surface area contributed by atoms with Gasteiger partial charge in [-0.3, -0.25) is 4.79 Å². The van der Waals surface area contributed by atoms with Gasteiger partial charge in [-0.25, -0.2) is 0 Å². The van der Waals surface area contributed by atoms with Crippen LogP contribution in [-0.2, 0) is 16.0 Å². The molecule has 0 amide bonds. The molecule has 0 aliphatic heterocycles. The van der Waals surface area contributed by atoms with Crippen molar-refractivity contribution in [3.63, 3.8) is 0 Å². The predicted molar refractivity (Wildman–Crippen MR) is 64.0 cm³/mol. The van der Waals surface area contributed by atoms with E-state index in [2.05, 4.69) is 19.1 Å². The van der Waals surface area contributed by atoms with E-state index in [0.717, 1.165) is 12.8 Å². The summed E-state index contributed by atoms with van der Waals surface area (Å²) in [5.41, 5.74) is 5.10. The molecule has 0 fully saturated rings. The molecule has 1 aliphatic carbocycles. The number of carbonyl (C=O) groups is 1. The molecule has 0 atom stereocenters. The highest BCUT2D eigenvalue weighted by Crippen LogP contribution is 2.36. The average molecular weight is 216 g/mol. The Kier molecular flexibility index (Phi) is 3.09.